The number of hydrogen-bond acceptors (Lipinski definition) is 4. The number of hydrogen-bond donors (Lipinski definition) is 0. The van der Waals surface area contributed by atoms with E-state index in [0.29, 0.717) is 37.6 Å². The van der Waals surface area contributed by atoms with Gasteiger partial charge < -0.3 is 14.4 Å². The number of nitrogens with zero attached hydrogens (tertiary/aromatic N) is 4. The summed E-state index contributed by atoms with van der Waals surface area (Å²) in [7, 11) is 1.87. The van der Waals surface area contributed by atoms with Gasteiger partial charge in [-0.25, -0.2) is 4.98 Å². The Hall–Kier alpha value is -2.16. The Morgan fingerprint density at radius 2 is 1.96 bits per heavy atom. The molecule has 1 fully saturated rings. The molecule has 1 aromatic carbocycles. The summed E-state index contributed by atoms with van der Waals surface area (Å²) >= 11 is 1.38. The fraction of sp³-hybridized carbons (Fsp3) is 0.412. The van der Waals surface area contributed by atoms with E-state index >= 15 is 0 Å². The molecular weight excluding hydrogens is 365 g/mol. The number of anilines is 1. The van der Waals surface area contributed by atoms with Gasteiger partial charge >= 0.3 is 6.18 Å². The fourth-order valence-corrected chi connectivity index (χ4v) is 3.64. The van der Waals surface area contributed by atoms with E-state index < -0.39 is 11.7 Å². The number of carbonyl (C=O) groups is 1. The van der Waals surface area contributed by atoms with E-state index in [1.807, 2.05) is 22.7 Å². The molecule has 140 valence electrons. The number of aryl methyl sites for hydroxylation is 1. The van der Waals surface area contributed by atoms with E-state index in [1.165, 1.54) is 17.8 Å². The van der Waals surface area contributed by atoms with Gasteiger partial charge in [-0.1, -0.05) is 17.8 Å². The van der Waals surface area contributed by atoms with Crippen LogP contribution in [0.3, 0.4) is 0 Å². The van der Waals surface area contributed by atoms with E-state index in [1.54, 1.807) is 17.2 Å². The Kier molecular flexibility index (Phi) is 5.45. The van der Waals surface area contributed by atoms with Crippen LogP contribution in [0.2, 0.25) is 0 Å². The number of rotatable bonds is 4. The normalized spacial score (nSPS) is 15.4. The number of carbonyl (C=O) groups excluding carboxylic acids is 1. The molecule has 0 aliphatic carbocycles. The zero-order valence-corrected chi connectivity index (χ0v) is 15.1. The molecule has 5 nitrogen and oxygen atoms in total. The van der Waals surface area contributed by atoms with Gasteiger partial charge in [-0.2, -0.15) is 13.2 Å². The van der Waals surface area contributed by atoms with E-state index in [9.17, 15) is 18.0 Å². The summed E-state index contributed by atoms with van der Waals surface area (Å²) in [5.41, 5.74) is -0.116. The third kappa shape index (κ3) is 4.32. The first-order chi connectivity index (χ1) is 12.3. The summed E-state index contributed by atoms with van der Waals surface area (Å²) < 4.78 is 40.4. The summed E-state index contributed by atoms with van der Waals surface area (Å²) in [6.45, 7) is 2.02. The number of thioether (sulfide) groups is 1. The van der Waals surface area contributed by atoms with Gasteiger partial charge in [0.25, 0.3) is 0 Å². The number of imidazole rings is 1. The Morgan fingerprint density at radius 3 is 2.58 bits per heavy atom. The van der Waals surface area contributed by atoms with Crippen molar-refractivity contribution in [3.05, 3.63) is 42.2 Å². The average Bonchev–Trinajstić information content (AvgIpc) is 3.04. The maximum absolute atomic E-state index is 12.9. The molecular formula is C17H19F3N4OS. The molecule has 9 heteroatoms. The Balaban J connectivity index is 1.54. The monoisotopic (exact) mass is 384 g/mol. The Labute approximate surface area is 153 Å². The van der Waals surface area contributed by atoms with Gasteiger partial charge in [0.05, 0.1) is 11.3 Å². The van der Waals surface area contributed by atoms with E-state index in [2.05, 4.69) is 4.98 Å². The summed E-state index contributed by atoms with van der Waals surface area (Å²) in [5, 5.41) is 0.779. The summed E-state index contributed by atoms with van der Waals surface area (Å²) in [4.78, 5) is 20.1. The first-order valence-corrected chi connectivity index (χ1v) is 9.13. The molecule has 1 aromatic heterocycles. The quantitative estimate of drug-likeness (QED) is 0.761. The van der Waals surface area contributed by atoms with Crippen LogP contribution in [0.5, 0.6) is 0 Å². The van der Waals surface area contributed by atoms with Crippen LogP contribution < -0.4 is 4.90 Å². The number of benzene rings is 1. The van der Waals surface area contributed by atoms with Crippen LogP contribution in [-0.4, -0.2) is 52.3 Å². The lowest BCUT2D eigenvalue weighted by molar-refractivity contribution is -0.137. The van der Waals surface area contributed by atoms with Crippen molar-refractivity contribution in [1.29, 1.82) is 0 Å². The zero-order valence-electron chi connectivity index (χ0n) is 14.2. The number of amides is 1. The molecule has 0 saturated carbocycles. The van der Waals surface area contributed by atoms with Gasteiger partial charge in [0, 0.05) is 51.3 Å². The number of aromatic nitrogens is 2. The zero-order chi connectivity index (χ0) is 18.7. The van der Waals surface area contributed by atoms with Crippen LogP contribution >= 0.6 is 11.8 Å². The molecule has 0 bridgehead atoms. The first kappa shape index (κ1) is 18.6. The van der Waals surface area contributed by atoms with Crippen LogP contribution in [0.1, 0.15) is 5.56 Å². The van der Waals surface area contributed by atoms with Gasteiger partial charge in [0.15, 0.2) is 5.16 Å². The van der Waals surface area contributed by atoms with Crippen molar-refractivity contribution in [2.45, 2.75) is 11.3 Å². The molecule has 0 N–H and O–H groups in total. The highest BCUT2D eigenvalue weighted by Gasteiger charge is 2.31. The molecule has 26 heavy (non-hydrogen) atoms. The number of alkyl halides is 3. The molecule has 0 unspecified atom stereocenters. The molecule has 0 radical (unpaired) electrons. The molecule has 1 aliphatic rings. The predicted molar refractivity (Wildman–Crippen MR) is 94.2 cm³/mol. The van der Waals surface area contributed by atoms with Crippen molar-refractivity contribution in [3.8, 4) is 0 Å². The summed E-state index contributed by atoms with van der Waals surface area (Å²) in [5.74, 6) is 0.315. The van der Waals surface area contributed by atoms with E-state index in [-0.39, 0.29) is 5.91 Å². The SMILES string of the molecule is Cn1ccnc1SCC(=O)N1CCN(c2cccc(C(F)(F)F)c2)CC1. The molecule has 0 atom stereocenters. The van der Waals surface area contributed by atoms with Gasteiger partial charge in [-0.05, 0) is 18.2 Å². The lowest BCUT2D eigenvalue weighted by atomic mass is 10.1. The van der Waals surface area contributed by atoms with Crippen molar-refractivity contribution in [2.75, 3.05) is 36.8 Å². The second-order valence-corrected chi connectivity index (χ2v) is 6.97. The van der Waals surface area contributed by atoms with Crippen LogP contribution in [0.25, 0.3) is 0 Å². The minimum absolute atomic E-state index is 0.0155. The van der Waals surface area contributed by atoms with Crippen LogP contribution in [0.15, 0.2) is 41.8 Å². The molecule has 2 aromatic rings. The predicted octanol–water partition coefficient (Wildman–Crippen LogP) is 2.88. The standard InChI is InChI=1S/C17H19F3N4OS/c1-22-6-5-21-16(22)26-12-15(25)24-9-7-23(8-10-24)14-4-2-3-13(11-14)17(18,19)20/h2-6,11H,7-10,12H2,1H3. The van der Waals surface area contributed by atoms with E-state index in [4.69, 9.17) is 0 Å². The smallest absolute Gasteiger partial charge is 0.368 e. The topological polar surface area (TPSA) is 41.4 Å². The lowest BCUT2D eigenvalue weighted by Crippen LogP contribution is -2.49. The van der Waals surface area contributed by atoms with Gasteiger partial charge in [0.2, 0.25) is 5.91 Å². The first-order valence-electron chi connectivity index (χ1n) is 8.15. The highest BCUT2D eigenvalue weighted by Crippen LogP contribution is 2.31. The second-order valence-electron chi connectivity index (χ2n) is 6.03. The fourth-order valence-electron chi connectivity index (χ4n) is 2.80. The Morgan fingerprint density at radius 1 is 1.23 bits per heavy atom. The van der Waals surface area contributed by atoms with E-state index in [0.717, 1.165) is 17.3 Å². The minimum Gasteiger partial charge on any atom is -0.368 e. The molecule has 0 spiro atoms. The summed E-state index contributed by atoms with van der Waals surface area (Å²) in [6, 6.07) is 5.31. The summed E-state index contributed by atoms with van der Waals surface area (Å²) in [6.07, 6.45) is -0.850. The third-order valence-electron chi connectivity index (χ3n) is 4.27. The molecule has 1 amide bonds. The highest BCUT2D eigenvalue weighted by molar-refractivity contribution is 7.99. The lowest BCUT2D eigenvalue weighted by Gasteiger charge is -2.36. The van der Waals surface area contributed by atoms with Crippen molar-refractivity contribution in [2.24, 2.45) is 7.05 Å². The van der Waals surface area contributed by atoms with Crippen molar-refractivity contribution >= 4 is 23.4 Å². The molecule has 2 heterocycles. The van der Waals surface area contributed by atoms with Crippen molar-refractivity contribution < 1.29 is 18.0 Å². The average molecular weight is 384 g/mol. The van der Waals surface area contributed by atoms with Crippen LogP contribution in [0.4, 0.5) is 18.9 Å². The number of piperazine rings is 1. The number of halogens is 3. The van der Waals surface area contributed by atoms with Gasteiger partial charge in [-0.15, -0.1) is 0 Å². The second kappa shape index (κ2) is 7.61. The van der Waals surface area contributed by atoms with Crippen molar-refractivity contribution in [3.63, 3.8) is 0 Å². The molecule has 1 aliphatic heterocycles. The largest absolute Gasteiger partial charge is 0.416 e. The minimum atomic E-state index is -4.35. The van der Waals surface area contributed by atoms with Gasteiger partial charge in [-0.3, -0.25) is 4.79 Å². The highest BCUT2D eigenvalue weighted by atomic mass is 32.2. The van der Waals surface area contributed by atoms with Crippen molar-refractivity contribution in [1.82, 2.24) is 14.5 Å². The molecule has 1 saturated heterocycles. The van der Waals surface area contributed by atoms with Gasteiger partial charge in [0.1, 0.15) is 0 Å². The Bertz CT molecular complexity index is 769. The maximum Gasteiger partial charge on any atom is 0.416 e. The van der Waals surface area contributed by atoms with Crippen LogP contribution in [0, 0.1) is 0 Å². The third-order valence-corrected chi connectivity index (χ3v) is 5.32. The maximum atomic E-state index is 12.9. The van der Waals surface area contributed by atoms with Crippen LogP contribution in [-0.2, 0) is 18.0 Å². The molecule has 3 rings (SSSR count).